The number of primary amides is 1. The maximum Gasteiger partial charge on any atom is 0.416 e. The Hall–Kier alpha value is -1.17. The highest BCUT2D eigenvalue weighted by Gasteiger charge is 2.31. The van der Waals surface area contributed by atoms with Gasteiger partial charge >= 0.3 is 6.18 Å². The quantitative estimate of drug-likeness (QED) is 0.800. The van der Waals surface area contributed by atoms with E-state index in [9.17, 15) is 18.0 Å². The highest BCUT2D eigenvalue weighted by Crippen LogP contribution is 2.32. The van der Waals surface area contributed by atoms with Crippen molar-refractivity contribution in [1.29, 1.82) is 0 Å². The minimum atomic E-state index is -4.46. The molecule has 2 N–H and O–H groups in total. The molecule has 0 aliphatic rings. The van der Waals surface area contributed by atoms with Crippen molar-refractivity contribution in [3.63, 3.8) is 0 Å². The topological polar surface area (TPSA) is 43.1 Å². The monoisotopic (exact) mass is 235 g/mol. The molecule has 0 aromatic heterocycles. The molecule has 0 atom stereocenters. The number of carbonyl (C=O) groups is 1. The van der Waals surface area contributed by atoms with Gasteiger partial charge in [-0.2, -0.15) is 13.2 Å². The second kappa shape index (κ2) is 4.14. The van der Waals surface area contributed by atoms with Crippen LogP contribution in [-0.2, 0) is 6.18 Å². The first kappa shape index (κ1) is 11.9. The number of hydrogen-bond acceptors (Lipinski definition) is 2. The second-order valence-corrected chi connectivity index (χ2v) is 3.63. The van der Waals surface area contributed by atoms with E-state index < -0.39 is 17.6 Å². The smallest absolute Gasteiger partial charge is 0.366 e. The van der Waals surface area contributed by atoms with E-state index in [0.717, 1.165) is 12.1 Å². The molecule has 0 unspecified atom stereocenters. The van der Waals surface area contributed by atoms with Gasteiger partial charge in [0.05, 0.1) is 11.1 Å². The number of thioether (sulfide) groups is 1. The van der Waals surface area contributed by atoms with Gasteiger partial charge in [0.1, 0.15) is 0 Å². The molecule has 1 aromatic rings. The van der Waals surface area contributed by atoms with Crippen LogP contribution in [0.2, 0.25) is 0 Å². The zero-order valence-corrected chi connectivity index (χ0v) is 8.58. The zero-order chi connectivity index (χ0) is 11.6. The molecule has 6 heteroatoms. The molecule has 1 aromatic carbocycles. The lowest BCUT2D eigenvalue weighted by molar-refractivity contribution is -0.137. The number of nitrogens with two attached hydrogens (primary N) is 1. The average Bonchev–Trinajstić information content (AvgIpc) is 2.15. The Kier molecular flexibility index (Phi) is 3.28. The lowest BCUT2D eigenvalue weighted by atomic mass is 10.1. The van der Waals surface area contributed by atoms with E-state index in [1.165, 1.54) is 17.8 Å². The molecule has 1 amide bonds. The summed E-state index contributed by atoms with van der Waals surface area (Å²) in [4.78, 5) is 11.3. The van der Waals surface area contributed by atoms with Gasteiger partial charge in [0, 0.05) is 4.90 Å². The van der Waals surface area contributed by atoms with Gasteiger partial charge in [-0.25, -0.2) is 0 Å². The van der Waals surface area contributed by atoms with Gasteiger partial charge < -0.3 is 5.73 Å². The second-order valence-electron chi connectivity index (χ2n) is 2.78. The standard InChI is InChI=1S/C9H8F3NOS/c1-15-7-3-2-5(9(10,11)12)4-6(7)8(13)14/h2-4H,1H3,(H2,13,14). The summed E-state index contributed by atoms with van der Waals surface area (Å²) >= 11 is 1.17. The number of amides is 1. The number of halogens is 3. The Morgan fingerprint density at radius 2 is 2.00 bits per heavy atom. The van der Waals surface area contributed by atoms with Crippen molar-refractivity contribution < 1.29 is 18.0 Å². The first-order valence-electron chi connectivity index (χ1n) is 3.91. The van der Waals surface area contributed by atoms with Gasteiger partial charge in [0.25, 0.3) is 0 Å². The van der Waals surface area contributed by atoms with E-state index in [2.05, 4.69) is 0 Å². The molecule has 0 heterocycles. The third-order valence-corrected chi connectivity index (χ3v) is 2.59. The van der Waals surface area contributed by atoms with Crippen molar-refractivity contribution in [3.05, 3.63) is 29.3 Å². The van der Waals surface area contributed by atoms with Crippen LogP contribution in [0.1, 0.15) is 15.9 Å². The first-order valence-corrected chi connectivity index (χ1v) is 5.13. The predicted octanol–water partition coefficient (Wildman–Crippen LogP) is 2.53. The van der Waals surface area contributed by atoms with Gasteiger partial charge in [-0.05, 0) is 24.5 Å². The Labute approximate surface area is 88.6 Å². The van der Waals surface area contributed by atoms with E-state index >= 15 is 0 Å². The van der Waals surface area contributed by atoms with Crippen LogP contribution in [0.4, 0.5) is 13.2 Å². The Balaban J connectivity index is 3.28. The molecular formula is C9H8F3NOS. The van der Waals surface area contributed by atoms with Crippen LogP contribution in [0.3, 0.4) is 0 Å². The maximum absolute atomic E-state index is 12.3. The van der Waals surface area contributed by atoms with Gasteiger partial charge in [0.2, 0.25) is 5.91 Å². The molecule has 0 fully saturated rings. The largest absolute Gasteiger partial charge is 0.416 e. The van der Waals surface area contributed by atoms with Gasteiger partial charge in [-0.15, -0.1) is 11.8 Å². The van der Waals surface area contributed by atoms with Crippen molar-refractivity contribution in [1.82, 2.24) is 0 Å². The molecule has 0 saturated carbocycles. The highest BCUT2D eigenvalue weighted by molar-refractivity contribution is 7.98. The van der Waals surface area contributed by atoms with Crippen molar-refractivity contribution in [2.24, 2.45) is 5.73 Å². The van der Waals surface area contributed by atoms with Crippen LogP contribution in [-0.4, -0.2) is 12.2 Å². The molecule has 0 radical (unpaired) electrons. The van der Waals surface area contributed by atoms with E-state index in [-0.39, 0.29) is 5.56 Å². The maximum atomic E-state index is 12.3. The Bertz CT molecular complexity index is 389. The van der Waals surface area contributed by atoms with Crippen molar-refractivity contribution >= 4 is 17.7 Å². The summed E-state index contributed by atoms with van der Waals surface area (Å²) in [5, 5.41) is 0. The molecule has 0 aliphatic carbocycles. The summed E-state index contributed by atoms with van der Waals surface area (Å²) < 4.78 is 36.9. The summed E-state index contributed by atoms with van der Waals surface area (Å²) in [6, 6.07) is 2.94. The summed E-state index contributed by atoms with van der Waals surface area (Å²) in [6.45, 7) is 0. The van der Waals surface area contributed by atoms with Crippen molar-refractivity contribution in [2.45, 2.75) is 11.1 Å². The molecule has 2 nitrogen and oxygen atoms in total. The zero-order valence-electron chi connectivity index (χ0n) is 7.76. The van der Waals surface area contributed by atoms with Crippen LogP contribution in [0.25, 0.3) is 0 Å². The molecule has 82 valence electrons. The van der Waals surface area contributed by atoms with E-state index in [1.807, 2.05) is 0 Å². The summed E-state index contributed by atoms with van der Waals surface area (Å²) in [5.74, 6) is -0.856. The Morgan fingerprint density at radius 1 is 1.40 bits per heavy atom. The van der Waals surface area contributed by atoms with Crippen LogP contribution >= 0.6 is 11.8 Å². The third kappa shape index (κ3) is 2.65. The minimum Gasteiger partial charge on any atom is -0.366 e. The first-order chi connectivity index (χ1) is 6.86. The fourth-order valence-corrected chi connectivity index (χ4v) is 1.66. The van der Waals surface area contributed by atoms with Gasteiger partial charge in [-0.1, -0.05) is 0 Å². The highest BCUT2D eigenvalue weighted by atomic mass is 32.2. The fourth-order valence-electron chi connectivity index (χ4n) is 1.08. The predicted molar refractivity (Wildman–Crippen MR) is 51.7 cm³/mol. The number of alkyl halides is 3. The number of carbonyl (C=O) groups excluding carboxylic acids is 1. The lowest BCUT2D eigenvalue weighted by Gasteiger charge is -2.09. The van der Waals surface area contributed by atoms with Crippen LogP contribution in [0.5, 0.6) is 0 Å². The van der Waals surface area contributed by atoms with Crippen LogP contribution in [0.15, 0.2) is 23.1 Å². The fraction of sp³-hybridized carbons (Fsp3) is 0.222. The van der Waals surface area contributed by atoms with Gasteiger partial charge in [0.15, 0.2) is 0 Å². The molecule has 0 spiro atoms. The Morgan fingerprint density at radius 3 is 2.40 bits per heavy atom. The summed E-state index contributed by atoms with van der Waals surface area (Å²) in [7, 11) is 0. The number of rotatable bonds is 2. The van der Waals surface area contributed by atoms with Crippen LogP contribution in [0, 0.1) is 0 Å². The number of benzene rings is 1. The van der Waals surface area contributed by atoms with E-state index in [0.29, 0.717) is 4.90 Å². The minimum absolute atomic E-state index is 0.0997. The molecule has 0 aliphatic heterocycles. The summed E-state index contributed by atoms with van der Waals surface area (Å²) in [6.07, 6.45) is -2.80. The SMILES string of the molecule is CSc1ccc(C(F)(F)F)cc1C(N)=O. The third-order valence-electron chi connectivity index (χ3n) is 1.79. The summed E-state index contributed by atoms with van der Waals surface area (Å²) in [5.41, 5.74) is 4.02. The average molecular weight is 235 g/mol. The molecule has 0 bridgehead atoms. The van der Waals surface area contributed by atoms with E-state index in [4.69, 9.17) is 5.73 Å². The van der Waals surface area contributed by atoms with Crippen molar-refractivity contribution in [3.8, 4) is 0 Å². The lowest BCUT2D eigenvalue weighted by Crippen LogP contribution is -2.14. The normalized spacial score (nSPS) is 11.5. The molecule has 15 heavy (non-hydrogen) atoms. The molecule has 1 rings (SSSR count). The van der Waals surface area contributed by atoms with E-state index in [1.54, 1.807) is 6.26 Å². The van der Waals surface area contributed by atoms with Gasteiger partial charge in [-0.3, -0.25) is 4.79 Å². The van der Waals surface area contributed by atoms with Crippen LogP contribution < -0.4 is 5.73 Å². The molecular weight excluding hydrogens is 227 g/mol. The number of hydrogen-bond donors (Lipinski definition) is 1. The van der Waals surface area contributed by atoms with Crippen molar-refractivity contribution in [2.75, 3.05) is 6.26 Å². The molecule has 0 saturated heterocycles.